The monoisotopic (exact) mass is 656 g/mol. The second kappa shape index (κ2) is 11.6. The van der Waals surface area contributed by atoms with Crippen LogP contribution in [-0.2, 0) is 0 Å². The van der Waals surface area contributed by atoms with Gasteiger partial charge in [0.05, 0.1) is 21.4 Å². The van der Waals surface area contributed by atoms with Gasteiger partial charge in [-0.1, -0.05) is 133 Å². The maximum atomic E-state index is 5.01. The van der Waals surface area contributed by atoms with Crippen molar-refractivity contribution in [2.45, 2.75) is 0 Å². The Hall–Kier alpha value is -6.43. The van der Waals surface area contributed by atoms with Crippen LogP contribution in [0, 0.1) is 0 Å². The maximum absolute atomic E-state index is 5.01. The molecule has 0 N–H and O–H groups in total. The van der Waals surface area contributed by atoms with Crippen molar-refractivity contribution in [3.05, 3.63) is 170 Å². The molecule has 0 spiro atoms. The maximum Gasteiger partial charge on any atom is 0.164 e. The fourth-order valence-corrected chi connectivity index (χ4v) is 8.26. The molecule has 3 aromatic heterocycles. The number of benzene rings is 7. The predicted octanol–water partition coefficient (Wildman–Crippen LogP) is 12.0. The number of nitrogens with zero attached hydrogens (tertiary/aromatic N) is 4. The first-order valence-electron chi connectivity index (χ1n) is 16.7. The number of rotatable bonds is 5. The largest absolute Gasteiger partial charge is 0.308 e. The molecule has 0 aliphatic rings. The average Bonchev–Trinajstić information content (AvgIpc) is 3.74. The normalized spacial score (nSPS) is 11.6. The summed E-state index contributed by atoms with van der Waals surface area (Å²) in [6, 6.07) is 59.7. The van der Waals surface area contributed by atoms with E-state index in [9.17, 15) is 0 Å². The molecule has 0 radical (unpaired) electrons. The lowest BCUT2D eigenvalue weighted by Crippen LogP contribution is -2.00. The molecule has 7 aromatic carbocycles. The third kappa shape index (κ3) is 4.71. The molecule has 5 heteroatoms. The molecule has 3 heterocycles. The van der Waals surface area contributed by atoms with Crippen molar-refractivity contribution < 1.29 is 0 Å². The molecule has 0 aliphatic heterocycles. The zero-order chi connectivity index (χ0) is 33.0. The Kier molecular flexibility index (Phi) is 6.64. The smallest absolute Gasteiger partial charge is 0.164 e. The van der Waals surface area contributed by atoms with E-state index in [1.165, 1.54) is 58.8 Å². The first kappa shape index (κ1) is 28.6. The van der Waals surface area contributed by atoms with Gasteiger partial charge in [-0.15, -0.1) is 11.3 Å². The zero-order valence-electron chi connectivity index (χ0n) is 26.9. The quantitative estimate of drug-likeness (QED) is 0.185. The van der Waals surface area contributed by atoms with Crippen LogP contribution >= 0.6 is 11.3 Å². The van der Waals surface area contributed by atoms with Gasteiger partial charge in [-0.05, 0) is 47.5 Å². The lowest BCUT2D eigenvalue weighted by molar-refractivity contribution is 1.07. The number of thiophene rings is 1. The van der Waals surface area contributed by atoms with Gasteiger partial charge in [-0.2, -0.15) is 0 Å². The van der Waals surface area contributed by atoms with Gasteiger partial charge in [0.15, 0.2) is 17.5 Å². The van der Waals surface area contributed by atoms with Gasteiger partial charge < -0.3 is 4.57 Å². The highest BCUT2D eigenvalue weighted by atomic mass is 32.1. The lowest BCUT2D eigenvalue weighted by atomic mass is 10.0. The van der Waals surface area contributed by atoms with Crippen molar-refractivity contribution in [1.29, 1.82) is 0 Å². The Morgan fingerprint density at radius 2 is 0.920 bits per heavy atom. The summed E-state index contributed by atoms with van der Waals surface area (Å²) >= 11 is 1.83. The van der Waals surface area contributed by atoms with Crippen molar-refractivity contribution in [2.24, 2.45) is 0 Å². The Bertz CT molecular complexity index is 2800. The van der Waals surface area contributed by atoms with Crippen molar-refractivity contribution in [3.63, 3.8) is 0 Å². The van der Waals surface area contributed by atoms with Crippen LogP contribution in [-0.4, -0.2) is 19.5 Å². The molecule has 0 amide bonds. The summed E-state index contributed by atoms with van der Waals surface area (Å²) in [6.07, 6.45) is 0. The molecule has 0 saturated heterocycles. The summed E-state index contributed by atoms with van der Waals surface area (Å²) in [5.74, 6) is 1.98. The van der Waals surface area contributed by atoms with Crippen LogP contribution in [0.5, 0.6) is 0 Å². The number of para-hydroxylation sites is 1. The van der Waals surface area contributed by atoms with Crippen LogP contribution in [0.15, 0.2) is 170 Å². The van der Waals surface area contributed by atoms with Crippen molar-refractivity contribution in [3.8, 4) is 51.0 Å². The summed E-state index contributed by atoms with van der Waals surface area (Å²) in [4.78, 5) is 14.9. The summed E-state index contributed by atoms with van der Waals surface area (Å²) in [5.41, 5.74) is 8.88. The summed E-state index contributed by atoms with van der Waals surface area (Å²) in [7, 11) is 0. The number of hydrogen-bond donors (Lipinski definition) is 0. The summed E-state index contributed by atoms with van der Waals surface area (Å²) in [5, 5.41) is 4.91. The molecule has 10 aromatic rings. The van der Waals surface area contributed by atoms with E-state index in [-0.39, 0.29) is 0 Å². The summed E-state index contributed by atoms with van der Waals surface area (Å²) < 4.78 is 4.92. The molecule has 4 nitrogen and oxygen atoms in total. The van der Waals surface area contributed by atoms with Crippen LogP contribution in [0.3, 0.4) is 0 Å². The van der Waals surface area contributed by atoms with Gasteiger partial charge in [-0.3, -0.25) is 0 Å². The molecule has 0 fully saturated rings. The highest BCUT2D eigenvalue weighted by molar-refractivity contribution is 7.26. The minimum absolute atomic E-state index is 0.658. The molecule has 10 rings (SSSR count). The molecular formula is C45H28N4S. The minimum atomic E-state index is 0.658. The van der Waals surface area contributed by atoms with Crippen molar-refractivity contribution >= 4 is 53.3 Å². The lowest BCUT2D eigenvalue weighted by Gasteiger charge is -2.10. The number of hydrogen-bond acceptors (Lipinski definition) is 4. The van der Waals surface area contributed by atoms with Crippen LogP contribution in [0.25, 0.3) is 93.0 Å². The second-order valence-electron chi connectivity index (χ2n) is 12.5. The Morgan fingerprint density at radius 1 is 0.360 bits per heavy atom. The topological polar surface area (TPSA) is 43.6 Å². The van der Waals surface area contributed by atoms with E-state index in [0.717, 1.165) is 16.7 Å². The molecule has 50 heavy (non-hydrogen) atoms. The molecule has 0 aliphatic carbocycles. The van der Waals surface area contributed by atoms with E-state index in [2.05, 4.69) is 114 Å². The van der Waals surface area contributed by atoms with E-state index in [1.54, 1.807) is 0 Å². The van der Waals surface area contributed by atoms with Gasteiger partial charge in [0.25, 0.3) is 0 Å². The van der Waals surface area contributed by atoms with E-state index in [4.69, 9.17) is 15.0 Å². The number of aromatic nitrogens is 4. The van der Waals surface area contributed by atoms with E-state index >= 15 is 0 Å². The van der Waals surface area contributed by atoms with Crippen molar-refractivity contribution in [2.75, 3.05) is 0 Å². The van der Waals surface area contributed by atoms with Crippen LogP contribution in [0.1, 0.15) is 0 Å². The first-order valence-corrected chi connectivity index (χ1v) is 17.5. The molecular weight excluding hydrogens is 629 g/mol. The van der Waals surface area contributed by atoms with E-state index in [1.807, 2.05) is 72.0 Å². The highest BCUT2D eigenvalue weighted by Gasteiger charge is 2.18. The summed E-state index contributed by atoms with van der Waals surface area (Å²) in [6.45, 7) is 0. The molecule has 0 atom stereocenters. The van der Waals surface area contributed by atoms with Gasteiger partial charge in [0, 0.05) is 42.9 Å². The fourth-order valence-electron chi connectivity index (χ4n) is 7.08. The number of fused-ring (bicyclic) bond motifs is 6. The fraction of sp³-hybridized carbons (Fsp3) is 0. The SMILES string of the molecule is c1ccc(-c2ccc3c4ccccc4n(-c4cccc5c4sc4ccc(-c6nc(-c7ccccc7)nc(-c7ccccc7)n6)cc45)c3c2)cc1. The molecule has 234 valence electrons. The second-order valence-corrected chi connectivity index (χ2v) is 13.5. The van der Waals surface area contributed by atoms with Gasteiger partial charge >= 0.3 is 0 Å². The minimum Gasteiger partial charge on any atom is -0.308 e. The molecule has 0 unspecified atom stereocenters. The van der Waals surface area contributed by atoms with E-state index in [0.29, 0.717) is 17.5 Å². The third-order valence-electron chi connectivity index (χ3n) is 9.46. The third-order valence-corrected chi connectivity index (χ3v) is 10.7. The zero-order valence-corrected chi connectivity index (χ0v) is 27.7. The highest BCUT2D eigenvalue weighted by Crippen LogP contribution is 2.42. The average molecular weight is 657 g/mol. The Balaban J connectivity index is 1.17. The van der Waals surface area contributed by atoms with Crippen molar-refractivity contribution in [1.82, 2.24) is 19.5 Å². The first-order chi connectivity index (χ1) is 24.8. The Morgan fingerprint density at radius 3 is 1.62 bits per heavy atom. The molecule has 0 saturated carbocycles. The predicted molar refractivity (Wildman–Crippen MR) is 209 cm³/mol. The van der Waals surface area contributed by atoms with Gasteiger partial charge in [0.1, 0.15) is 0 Å². The molecule has 0 bridgehead atoms. The van der Waals surface area contributed by atoms with E-state index < -0.39 is 0 Å². The van der Waals surface area contributed by atoms with Crippen LogP contribution in [0.4, 0.5) is 0 Å². The Labute approximate surface area is 292 Å². The van der Waals surface area contributed by atoms with Crippen LogP contribution in [0.2, 0.25) is 0 Å². The van der Waals surface area contributed by atoms with Gasteiger partial charge in [0.2, 0.25) is 0 Å². The van der Waals surface area contributed by atoms with Gasteiger partial charge in [-0.25, -0.2) is 15.0 Å². The standard InChI is InChI=1S/C45H28N4S/c1-4-13-29(14-5-1)32-23-25-35-34-19-10-11-21-38(34)49(40(35)28-32)39-22-12-20-36-37-27-33(24-26-41(37)50-42(36)39)45-47-43(30-15-6-2-7-16-30)46-44(48-45)31-17-8-3-9-18-31/h1-28H. The van der Waals surface area contributed by atoms with Crippen LogP contribution < -0.4 is 0 Å².